The lowest BCUT2D eigenvalue weighted by atomic mass is 9.97. The summed E-state index contributed by atoms with van der Waals surface area (Å²) in [7, 11) is -4.59. The van der Waals surface area contributed by atoms with E-state index in [1.165, 1.54) is 13.8 Å². The van der Waals surface area contributed by atoms with Gasteiger partial charge in [0.15, 0.2) is 13.4 Å². The average molecular weight is 294 g/mol. The van der Waals surface area contributed by atoms with E-state index >= 15 is 0 Å². The van der Waals surface area contributed by atoms with Crippen LogP contribution in [0.3, 0.4) is 0 Å². The monoisotopic (exact) mass is 294 g/mol. The van der Waals surface area contributed by atoms with E-state index in [1.807, 2.05) is 6.92 Å². The summed E-state index contributed by atoms with van der Waals surface area (Å²) in [5.41, 5.74) is 3.72. The fourth-order valence-corrected chi connectivity index (χ4v) is 1.79. The first-order chi connectivity index (χ1) is 8.59. The van der Waals surface area contributed by atoms with Crippen LogP contribution >= 0.6 is 7.60 Å². The summed E-state index contributed by atoms with van der Waals surface area (Å²) >= 11 is 0. The smallest absolute Gasteiger partial charge is 0.223 e. The summed E-state index contributed by atoms with van der Waals surface area (Å²) < 4.78 is 10.8. The molecule has 0 heterocycles. The second-order valence-corrected chi connectivity index (χ2v) is 6.71. The molecule has 0 aliphatic rings. The molecule has 0 spiro atoms. The van der Waals surface area contributed by atoms with Crippen molar-refractivity contribution in [2.75, 3.05) is 0 Å². The van der Waals surface area contributed by atoms with Gasteiger partial charge in [0.2, 0.25) is 5.91 Å². The van der Waals surface area contributed by atoms with Crippen molar-refractivity contribution in [2.45, 2.75) is 51.9 Å². The van der Waals surface area contributed by atoms with E-state index in [4.69, 9.17) is 4.89 Å². The van der Waals surface area contributed by atoms with Gasteiger partial charge in [-0.1, -0.05) is 20.3 Å². The van der Waals surface area contributed by atoms with Crippen molar-refractivity contribution in [3.8, 4) is 0 Å². The summed E-state index contributed by atoms with van der Waals surface area (Å²) in [6.45, 7) is 4.64. The summed E-state index contributed by atoms with van der Waals surface area (Å²) in [4.78, 5) is 42.9. The molecule has 19 heavy (non-hydrogen) atoms. The molecule has 0 saturated carbocycles. The predicted molar refractivity (Wildman–Crippen MR) is 67.8 cm³/mol. The van der Waals surface area contributed by atoms with Gasteiger partial charge < -0.3 is 25.4 Å². The third kappa shape index (κ3) is 6.82. The van der Waals surface area contributed by atoms with Crippen LogP contribution in [-0.2, 0) is 14.2 Å². The highest BCUT2D eigenvalue weighted by atomic mass is 31.2. The van der Waals surface area contributed by atoms with Gasteiger partial charge >= 0.3 is 0 Å². The Bertz CT molecular complexity index is 368. The molecule has 0 aromatic heterocycles. The number of hydrogen-bond donors (Lipinski definition) is 3. The van der Waals surface area contributed by atoms with Crippen LogP contribution in [0, 0.1) is 5.92 Å². The number of amides is 1. The maximum absolute atomic E-state index is 11.7. The van der Waals surface area contributed by atoms with E-state index in [1.54, 1.807) is 0 Å². The Balaban J connectivity index is 4.36. The zero-order valence-corrected chi connectivity index (χ0v) is 12.5. The van der Waals surface area contributed by atoms with Gasteiger partial charge in [0.1, 0.15) is 6.04 Å². The molecule has 112 valence electrons. The minimum absolute atomic E-state index is 0.0152. The highest BCUT2D eigenvalue weighted by Gasteiger charge is 2.25. The Morgan fingerprint density at radius 1 is 1.42 bits per heavy atom. The molecule has 7 nitrogen and oxygen atoms in total. The van der Waals surface area contributed by atoms with Gasteiger partial charge in [0.05, 0.1) is 5.78 Å². The van der Waals surface area contributed by atoms with E-state index in [0.717, 1.165) is 6.42 Å². The first-order valence-corrected chi connectivity index (χ1v) is 7.93. The minimum Gasteiger partial charge on any atom is -0.777 e. The molecule has 0 bridgehead atoms. The maximum atomic E-state index is 11.7. The number of nitrogens with one attached hydrogen (secondary N) is 1. The van der Waals surface area contributed by atoms with Crippen LogP contribution in [0.1, 0.15) is 40.0 Å². The third-order valence-corrected chi connectivity index (χ3v) is 4.00. The predicted octanol–water partition coefficient (Wildman–Crippen LogP) is -1.000. The van der Waals surface area contributed by atoms with Crippen LogP contribution in [0.5, 0.6) is 0 Å². The van der Waals surface area contributed by atoms with Crippen LogP contribution in [0.4, 0.5) is 0 Å². The van der Waals surface area contributed by atoms with E-state index in [0.29, 0.717) is 6.42 Å². The molecule has 0 rings (SSSR count). The summed E-state index contributed by atoms with van der Waals surface area (Å²) in [5.74, 6) is -2.70. The van der Waals surface area contributed by atoms with Crippen LogP contribution in [0.2, 0.25) is 0 Å². The molecule has 4 atom stereocenters. The zero-order valence-electron chi connectivity index (χ0n) is 11.6. The standard InChI is InChI=1S/C11H23N2O5P/c1-4-5-9(12)10(14)6-7(2)11(15)13-8(3)19(16,17)18/h7-9H,4-6,12H2,1-3H3,(H,13,15)(H2,16,17,18)/t7-,8?,9+/m1/s1. The molecule has 0 aliphatic carbocycles. The fraction of sp³-hybridized carbons (Fsp3) is 0.818. The lowest BCUT2D eigenvalue weighted by molar-refractivity contribution is -0.404. The second-order valence-electron chi connectivity index (χ2n) is 4.81. The van der Waals surface area contributed by atoms with Crippen molar-refractivity contribution >= 4 is 19.3 Å². The SMILES string of the molecule is CCC[C@H]([NH3+])C(=O)C[C@@H](C)C(=O)NC(C)P(=O)([O-])O. The van der Waals surface area contributed by atoms with Gasteiger partial charge in [0.25, 0.3) is 0 Å². The van der Waals surface area contributed by atoms with Crippen molar-refractivity contribution in [2.24, 2.45) is 5.92 Å². The largest absolute Gasteiger partial charge is 0.777 e. The normalized spacial score (nSPS) is 19.1. The van der Waals surface area contributed by atoms with Crippen molar-refractivity contribution in [3.05, 3.63) is 0 Å². The van der Waals surface area contributed by atoms with Crippen LogP contribution in [0.25, 0.3) is 0 Å². The Labute approximate surface area is 113 Å². The quantitative estimate of drug-likeness (QED) is 0.494. The summed E-state index contributed by atoms with van der Waals surface area (Å²) in [6.07, 6.45) is 1.51. The molecule has 0 aromatic rings. The molecular formula is C11H23N2O5P. The lowest BCUT2D eigenvalue weighted by Gasteiger charge is -2.25. The van der Waals surface area contributed by atoms with Crippen molar-refractivity contribution < 1.29 is 29.7 Å². The molecule has 0 radical (unpaired) electrons. The van der Waals surface area contributed by atoms with E-state index in [2.05, 4.69) is 11.1 Å². The van der Waals surface area contributed by atoms with Crippen LogP contribution in [-0.4, -0.2) is 28.4 Å². The molecular weight excluding hydrogens is 271 g/mol. The van der Waals surface area contributed by atoms with Crippen molar-refractivity contribution in [1.82, 2.24) is 5.32 Å². The molecule has 2 unspecified atom stereocenters. The first-order valence-electron chi connectivity index (χ1n) is 6.29. The number of ketones is 1. The summed E-state index contributed by atoms with van der Waals surface area (Å²) in [5, 5.41) is 2.16. The Morgan fingerprint density at radius 3 is 2.37 bits per heavy atom. The third-order valence-electron chi connectivity index (χ3n) is 2.89. The molecule has 1 amide bonds. The molecule has 0 fully saturated rings. The number of Topliss-reactive ketones (excluding diaryl/α,β-unsaturated/α-hetero) is 1. The zero-order chi connectivity index (χ0) is 15.2. The van der Waals surface area contributed by atoms with E-state index in [-0.39, 0.29) is 18.2 Å². The van der Waals surface area contributed by atoms with Gasteiger partial charge in [0, 0.05) is 18.8 Å². The lowest BCUT2D eigenvalue weighted by Crippen LogP contribution is -2.65. The highest BCUT2D eigenvalue weighted by molar-refractivity contribution is 7.51. The Morgan fingerprint density at radius 2 is 1.95 bits per heavy atom. The second kappa shape index (κ2) is 7.75. The highest BCUT2D eigenvalue weighted by Crippen LogP contribution is 2.34. The van der Waals surface area contributed by atoms with Gasteiger partial charge in [-0.25, -0.2) is 0 Å². The molecule has 5 N–H and O–H groups in total. The molecule has 0 saturated heterocycles. The van der Waals surface area contributed by atoms with Gasteiger partial charge in [-0.05, 0) is 6.92 Å². The fourth-order valence-electron chi connectivity index (χ4n) is 1.50. The molecule has 0 aromatic carbocycles. The topological polar surface area (TPSA) is 134 Å². The van der Waals surface area contributed by atoms with E-state index < -0.39 is 25.2 Å². The number of rotatable bonds is 8. The molecule has 8 heteroatoms. The van der Waals surface area contributed by atoms with Gasteiger partial charge in [-0.15, -0.1) is 0 Å². The Kier molecular flexibility index (Phi) is 7.44. The number of hydrogen-bond acceptors (Lipinski definition) is 4. The van der Waals surface area contributed by atoms with Crippen LogP contribution in [0.15, 0.2) is 0 Å². The maximum Gasteiger partial charge on any atom is 0.223 e. The van der Waals surface area contributed by atoms with Gasteiger partial charge in [-0.3, -0.25) is 9.59 Å². The summed E-state index contributed by atoms with van der Waals surface area (Å²) in [6, 6.07) is -0.346. The molecule has 0 aliphatic heterocycles. The minimum atomic E-state index is -4.59. The van der Waals surface area contributed by atoms with E-state index in [9.17, 15) is 19.0 Å². The van der Waals surface area contributed by atoms with Crippen molar-refractivity contribution in [3.63, 3.8) is 0 Å². The number of quaternary nitrogens is 1. The average Bonchev–Trinajstić information content (AvgIpc) is 2.27. The number of carbonyl (C=O) groups excluding carboxylic acids is 2. The van der Waals surface area contributed by atoms with Crippen molar-refractivity contribution in [1.29, 1.82) is 0 Å². The van der Waals surface area contributed by atoms with Gasteiger partial charge in [-0.2, -0.15) is 0 Å². The number of carbonyl (C=O) groups is 2. The first kappa shape index (κ1) is 18.2. The van der Waals surface area contributed by atoms with Crippen LogP contribution < -0.4 is 15.9 Å². The Hall–Kier alpha value is -0.750.